The number of anilines is 2. The number of nitrogens with one attached hydrogen (secondary N) is 1. The minimum atomic E-state index is -0.186. The first-order chi connectivity index (χ1) is 15.2. The Hall–Kier alpha value is -3.60. The van der Waals surface area contributed by atoms with Gasteiger partial charge in [-0.1, -0.05) is 42.5 Å². The maximum Gasteiger partial charge on any atom is 0.248 e. The van der Waals surface area contributed by atoms with Crippen LogP contribution in [0.3, 0.4) is 0 Å². The molecule has 31 heavy (non-hydrogen) atoms. The molecule has 0 unspecified atom stereocenters. The van der Waals surface area contributed by atoms with Crippen LogP contribution < -0.4 is 15.0 Å². The van der Waals surface area contributed by atoms with Crippen molar-refractivity contribution in [3.8, 4) is 5.75 Å². The van der Waals surface area contributed by atoms with Gasteiger partial charge in [0.05, 0.1) is 11.4 Å². The number of aryl methyl sites for hydroxylation is 1. The average Bonchev–Trinajstić information content (AvgIpc) is 3.34. The lowest BCUT2D eigenvalue weighted by Gasteiger charge is -2.17. The summed E-state index contributed by atoms with van der Waals surface area (Å²) in [5, 5.41) is 2.92. The van der Waals surface area contributed by atoms with Crippen molar-refractivity contribution in [3.05, 3.63) is 89.6 Å². The molecule has 158 valence electrons. The Balaban J connectivity index is 1.34. The smallest absolute Gasteiger partial charge is 0.248 e. The number of rotatable bonds is 7. The quantitative estimate of drug-likeness (QED) is 0.540. The molecular weight excluding hydrogens is 386 g/mol. The van der Waals surface area contributed by atoms with Crippen LogP contribution in [0.4, 0.5) is 11.5 Å². The summed E-state index contributed by atoms with van der Waals surface area (Å²) >= 11 is 0. The van der Waals surface area contributed by atoms with Crippen molar-refractivity contribution in [1.82, 2.24) is 4.98 Å². The number of nitrogens with zero attached hydrogens (tertiary/aromatic N) is 2. The number of pyridine rings is 1. The lowest BCUT2D eigenvalue weighted by atomic mass is 10.2. The molecule has 1 aliphatic rings. The summed E-state index contributed by atoms with van der Waals surface area (Å²) in [7, 11) is 0. The number of carbonyl (C=O) groups excluding carboxylic acids is 1. The van der Waals surface area contributed by atoms with Gasteiger partial charge in [-0.05, 0) is 61.2 Å². The van der Waals surface area contributed by atoms with Gasteiger partial charge < -0.3 is 15.0 Å². The van der Waals surface area contributed by atoms with Crippen molar-refractivity contribution in [2.24, 2.45) is 0 Å². The van der Waals surface area contributed by atoms with Crippen molar-refractivity contribution in [3.63, 3.8) is 0 Å². The van der Waals surface area contributed by atoms with Crippen LogP contribution in [0.2, 0.25) is 0 Å². The molecule has 0 radical (unpaired) electrons. The standard InChI is InChI=1S/C26H27N3O2/c1-20-24(13-14-25(27-20)29-16-5-6-17-29)28-26(30)15-12-21-10-7-11-23(18-21)31-19-22-8-3-2-4-9-22/h2-4,7-15,18H,5-6,16-17,19H2,1H3,(H,28,30)/b15-12+. The van der Waals surface area contributed by atoms with Gasteiger partial charge in [0, 0.05) is 19.2 Å². The molecule has 3 aromatic rings. The number of hydrogen-bond acceptors (Lipinski definition) is 4. The minimum Gasteiger partial charge on any atom is -0.489 e. The van der Waals surface area contributed by atoms with Crippen LogP contribution >= 0.6 is 0 Å². The summed E-state index contributed by atoms with van der Waals surface area (Å²) in [5.74, 6) is 1.56. The lowest BCUT2D eigenvalue weighted by molar-refractivity contribution is -0.111. The fourth-order valence-electron chi connectivity index (χ4n) is 3.60. The van der Waals surface area contributed by atoms with E-state index in [1.165, 1.54) is 18.9 Å². The minimum absolute atomic E-state index is 0.186. The van der Waals surface area contributed by atoms with E-state index >= 15 is 0 Å². The summed E-state index contributed by atoms with van der Waals surface area (Å²) in [5.41, 5.74) is 3.57. The molecular formula is C26H27N3O2. The summed E-state index contributed by atoms with van der Waals surface area (Å²) in [6, 6.07) is 21.6. The van der Waals surface area contributed by atoms with Gasteiger partial charge in [-0.2, -0.15) is 0 Å². The Kier molecular flexibility index (Phi) is 6.62. The third-order valence-corrected chi connectivity index (χ3v) is 5.29. The maximum atomic E-state index is 12.4. The van der Waals surface area contributed by atoms with Gasteiger partial charge in [0.15, 0.2) is 0 Å². The van der Waals surface area contributed by atoms with E-state index in [4.69, 9.17) is 4.74 Å². The molecule has 1 aromatic heterocycles. The van der Waals surface area contributed by atoms with Gasteiger partial charge in [0.25, 0.3) is 0 Å². The highest BCUT2D eigenvalue weighted by Gasteiger charge is 2.14. The van der Waals surface area contributed by atoms with Gasteiger partial charge >= 0.3 is 0 Å². The number of hydrogen-bond donors (Lipinski definition) is 1. The normalized spacial score (nSPS) is 13.5. The van der Waals surface area contributed by atoms with E-state index in [0.717, 1.165) is 47.2 Å². The summed E-state index contributed by atoms with van der Waals surface area (Å²) in [6.07, 6.45) is 5.74. The van der Waals surface area contributed by atoms with E-state index in [2.05, 4.69) is 15.2 Å². The largest absolute Gasteiger partial charge is 0.489 e. The molecule has 1 fully saturated rings. The Labute approximate surface area is 183 Å². The third-order valence-electron chi connectivity index (χ3n) is 5.29. The Morgan fingerprint density at radius 2 is 1.87 bits per heavy atom. The molecule has 0 aliphatic carbocycles. The molecule has 0 bridgehead atoms. The van der Waals surface area contributed by atoms with Crippen LogP contribution in [0.1, 0.15) is 29.7 Å². The van der Waals surface area contributed by atoms with Gasteiger partial charge in [0.2, 0.25) is 5.91 Å². The summed E-state index contributed by atoms with van der Waals surface area (Å²) in [4.78, 5) is 19.3. The molecule has 5 nitrogen and oxygen atoms in total. The van der Waals surface area contributed by atoms with Crippen molar-refractivity contribution in [1.29, 1.82) is 0 Å². The van der Waals surface area contributed by atoms with Gasteiger partial charge in [-0.3, -0.25) is 4.79 Å². The van der Waals surface area contributed by atoms with E-state index in [0.29, 0.717) is 6.61 Å². The van der Waals surface area contributed by atoms with Crippen LogP contribution in [-0.2, 0) is 11.4 Å². The summed E-state index contributed by atoms with van der Waals surface area (Å²) in [6.45, 7) is 4.53. The van der Waals surface area contributed by atoms with E-state index in [9.17, 15) is 4.79 Å². The molecule has 2 heterocycles. The number of amides is 1. The van der Waals surface area contributed by atoms with Crippen LogP contribution in [0.15, 0.2) is 72.8 Å². The molecule has 4 rings (SSSR count). The monoisotopic (exact) mass is 413 g/mol. The summed E-state index contributed by atoms with van der Waals surface area (Å²) < 4.78 is 5.86. The zero-order chi connectivity index (χ0) is 21.5. The third kappa shape index (κ3) is 5.72. The van der Waals surface area contributed by atoms with E-state index in [1.807, 2.05) is 73.7 Å². The van der Waals surface area contributed by atoms with Gasteiger partial charge in [0.1, 0.15) is 18.2 Å². The number of carbonyl (C=O) groups is 1. The van der Waals surface area contributed by atoms with Crippen molar-refractivity contribution < 1.29 is 9.53 Å². The van der Waals surface area contributed by atoms with Crippen molar-refractivity contribution in [2.75, 3.05) is 23.3 Å². The topological polar surface area (TPSA) is 54.5 Å². The second kappa shape index (κ2) is 9.94. The number of benzene rings is 2. The van der Waals surface area contributed by atoms with Crippen LogP contribution in [0.5, 0.6) is 5.75 Å². The number of ether oxygens (including phenoxy) is 1. The maximum absolute atomic E-state index is 12.4. The molecule has 2 aromatic carbocycles. The molecule has 1 aliphatic heterocycles. The first-order valence-corrected chi connectivity index (χ1v) is 10.7. The van der Waals surface area contributed by atoms with Crippen molar-refractivity contribution in [2.45, 2.75) is 26.4 Å². The fraction of sp³-hybridized carbons (Fsp3) is 0.231. The Morgan fingerprint density at radius 3 is 2.65 bits per heavy atom. The first-order valence-electron chi connectivity index (χ1n) is 10.7. The van der Waals surface area contributed by atoms with Gasteiger partial charge in [-0.25, -0.2) is 4.98 Å². The SMILES string of the molecule is Cc1nc(N2CCCC2)ccc1NC(=O)/C=C/c1cccc(OCc2ccccc2)c1. The van der Waals surface area contributed by atoms with Crippen molar-refractivity contribution >= 4 is 23.5 Å². The van der Waals surface area contributed by atoms with E-state index in [-0.39, 0.29) is 5.91 Å². The highest BCUT2D eigenvalue weighted by atomic mass is 16.5. The zero-order valence-electron chi connectivity index (χ0n) is 17.8. The molecule has 1 amide bonds. The van der Waals surface area contributed by atoms with Crippen LogP contribution in [-0.4, -0.2) is 24.0 Å². The fourth-order valence-corrected chi connectivity index (χ4v) is 3.60. The predicted octanol–water partition coefficient (Wildman–Crippen LogP) is 5.22. The van der Waals surface area contributed by atoms with Crippen LogP contribution in [0.25, 0.3) is 6.08 Å². The predicted molar refractivity (Wildman–Crippen MR) is 125 cm³/mol. The zero-order valence-corrected chi connectivity index (χ0v) is 17.8. The molecule has 1 N–H and O–H groups in total. The van der Waals surface area contributed by atoms with E-state index in [1.54, 1.807) is 6.08 Å². The molecule has 0 saturated carbocycles. The second-order valence-corrected chi connectivity index (χ2v) is 7.67. The number of aromatic nitrogens is 1. The highest BCUT2D eigenvalue weighted by molar-refractivity contribution is 6.02. The van der Waals surface area contributed by atoms with E-state index < -0.39 is 0 Å². The molecule has 5 heteroatoms. The van der Waals surface area contributed by atoms with Gasteiger partial charge in [-0.15, -0.1) is 0 Å². The average molecular weight is 414 g/mol. The van der Waals surface area contributed by atoms with Crippen LogP contribution in [0, 0.1) is 6.92 Å². The molecule has 0 spiro atoms. The molecule has 0 atom stereocenters. The Bertz CT molecular complexity index is 1060. The Morgan fingerprint density at radius 1 is 1.06 bits per heavy atom. The second-order valence-electron chi connectivity index (χ2n) is 7.67. The highest BCUT2D eigenvalue weighted by Crippen LogP contribution is 2.22. The first kappa shape index (κ1) is 20.7. The molecule has 1 saturated heterocycles. The lowest BCUT2D eigenvalue weighted by Crippen LogP contribution is -2.19.